The first-order valence-corrected chi connectivity index (χ1v) is 14.1. The van der Waals surface area contributed by atoms with Gasteiger partial charge in [-0.1, -0.05) is 26.7 Å². The molecule has 1 unspecified atom stereocenters. The minimum atomic E-state index is -0.836. The van der Waals surface area contributed by atoms with Crippen molar-refractivity contribution >= 4 is 0 Å². The molecule has 4 aliphatic rings. The molecule has 1 aromatic rings. The van der Waals surface area contributed by atoms with Crippen molar-refractivity contribution in [1.29, 1.82) is 5.26 Å². The first kappa shape index (κ1) is 24.3. The van der Waals surface area contributed by atoms with E-state index in [4.69, 9.17) is 5.26 Å². The Balaban J connectivity index is 1.33. The molecule has 0 saturated heterocycles. The molecule has 0 aliphatic heterocycles. The number of fused-ring (bicyclic) bond motifs is 5. The predicted octanol–water partition coefficient (Wildman–Crippen LogP) is 5.70. The van der Waals surface area contributed by atoms with Crippen molar-refractivity contribution in [2.24, 2.45) is 40.9 Å². The van der Waals surface area contributed by atoms with E-state index in [1.807, 2.05) is 6.92 Å². The number of aliphatic hydroxyl groups is 2. The monoisotopic (exact) mass is 467 g/mol. The van der Waals surface area contributed by atoms with E-state index in [1.165, 1.54) is 44.9 Å². The van der Waals surface area contributed by atoms with Crippen LogP contribution in [0.25, 0.3) is 0 Å². The maximum absolute atomic E-state index is 11.8. The third-order valence-corrected chi connectivity index (χ3v) is 11.1. The van der Waals surface area contributed by atoms with Gasteiger partial charge in [-0.05, 0) is 112 Å². The van der Waals surface area contributed by atoms with Crippen LogP contribution in [0.4, 0.5) is 0 Å². The summed E-state index contributed by atoms with van der Waals surface area (Å²) in [5.41, 5.74) is -0.520. The van der Waals surface area contributed by atoms with E-state index >= 15 is 0 Å². The Labute approximate surface area is 205 Å². The second-order valence-electron chi connectivity index (χ2n) is 13.1. The largest absolute Gasteiger partial charge is 0.390 e. The molecule has 34 heavy (non-hydrogen) atoms. The van der Waals surface area contributed by atoms with Crippen molar-refractivity contribution in [2.75, 3.05) is 0 Å². The van der Waals surface area contributed by atoms with E-state index in [9.17, 15) is 10.2 Å². The van der Waals surface area contributed by atoms with Crippen LogP contribution >= 0.6 is 0 Å². The van der Waals surface area contributed by atoms with Crippen LogP contribution in [-0.4, -0.2) is 31.2 Å². The molecule has 5 rings (SSSR count). The summed E-state index contributed by atoms with van der Waals surface area (Å²) in [5.74, 6) is 4.07. The van der Waals surface area contributed by atoms with Gasteiger partial charge in [-0.3, -0.25) is 4.68 Å². The normalized spacial score (nSPS) is 43.6. The van der Waals surface area contributed by atoms with Crippen molar-refractivity contribution < 1.29 is 10.2 Å². The summed E-state index contributed by atoms with van der Waals surface area (Å²) >= 11 is 0. The fourth-order valence-electron chi connectivity index (χ4n) is 9.82. The quantitative estimate of drug-likeness (QED) is 0.582. The van der Waals surface area contributed by atoms with E-state index < -0.39 is 11.2 Å². The molecule has 0 radical (unpaired) electrons. The molecule has 4 fully saturated rings. The fraction of sp³-hybridized carbons (Fsp3) is 0.862. The summed E-state index contributed by atoms with van der Waals surface area (Å²) < 4.78 is 1.77. The van der Waals surface area contributed by atoms with Crippen LogP contribution in [0.1, 0.15) is 103 Å². The Bertz CT molecular complexity index is 919. The first-order valence-electron chi connectivity index (χ1n) is 14.1. The molecule has 1 heterocycles. The van der Waals surface area contributed by atoms with Gasteiger partial charge in [0.15, 0.2) is 0 Å². The van der Waals surface area contributed by atoms with Crippen LogP contribution in [0.5, 0.6) is 0 Å². The Kier molecular flexibility index (Phi) is 6.39. The zero-order valence-corrected chi connectivity index (χ0v) is 21.5. The maximum atomic E-state index is 11.8. The van der Waals surface area contributed by atoms with Gasteiger partial charge in [-0.2, -0.15) is 10.4 Å². The predicted molar refractivity (Wildman–Crippen MR) is 133 cm³/mol. The number of nitriles is 1. The Morgan fingerprint density at radius 3 is 2.68 bits per heavy atom. The maximum Gasteiger partial charge on any atom is 0.102 e. The smallest absolute Gasteiger partial charge is 0.102 e. The average Bonchev–Trinajstić information content (AvgIpc) is 3.24. The molecule has 0 bridgehead atoms. The molecule has 9 atom stereocenters. The van der Waals surface area contributed by atoms with Gasteiger partial charge in [0.25, 0.3) is 0 Å². The van der Waals surface area contributed by atoms with Crippen molar-refractivity contribution in [3.05, 3.63) is 18.0 Å². The minimum absolute atomic E-state index is 0.165. The molecule has 0 spiro atoms. The topological polar surface area (TPSA) is 82.1 Å². The molecule has 4 aliphatic carbocycles. The molecule has 0 amide bonds. The summed E-state index contributed by atoms with van der Waals surface area (Å²) in [4.78, 5) is 0. The highest BCUT2D eigenvalue weighted by atomic mass is 16.3. The lowest BCUT2D eigenvalue weighted by atomic mass is 9.43. The molecular weight excluding hydrogens is 422 g/mol. The zero-order valence-electron chi connectivity index (χ0n) is 21.5. The zero-order chi connectivity index (χ0) is 24.1. The van der Waals surface area contributed by atoms with Crippen LogP contribution in [0.3, 0.4) is 0 Å². The van der Waals surface area contributed by atoms with Gasteiger partial charge in [0, 0.05) is 6.20 Å². The highest BCUT2D eigenvalue weighted by Crippen LogP contribution is 2.64. The van der Waals surface area contributed by atoms with Crippen LogP contribution < -0.4 is 0 Å². The second-order valence-corrected chi connectivity index (χ2v) is 13.1. The van der Waals surface area contributed by atoms with Gasteiger partial charge in [-0.25, -0.2) is 0 Å². The number of nitrogens with zero attached hydrogens (tertiary/aromatic N) is 3. The van der Waals surface area contributed by atoms with Crippen molar-refractivity contribution in [2.45, 2.75) is 116 Å². The summed E-state index contributed by atoms with van der Waals surface area (Å²) in [6.45, 7) is 7.16. The SMILES string of the molecule is CCC[C@@]1(O)CC[C@H]2[C@H](CC[C@@H]3[C@@H]2CC[C@]2(C)[C@@H](C(C)(O)Cn4cc(C#N)cn4)CCC[C@@H]32)C1. The highest BCUT2D eigenvalue weighted by molar-refractivity contribution is 5.21. The highest BCUT2D eigenvalue weighted by Gasteiger charge is 2.59. The van der Waals surface area contributed by atoms with Crippen molar-refractivity contribution in [3.63, 3.8) is 0 Å². The average molecular weight is 468 g/mol. The van der Waals surface area contributed by atoms with Crippen molar-refractivity contribution in [3.8, 4) is 6.07 Å². The lowest BCUT2D eigenvalue weighted by Crippen LogP contribution is -2.58. The lowest BCUT2D eigenvalue weighted by Gasteiger charge is -2.62. The van der Waals surface area contributed by atoms with E-state index in [1.54, 1.807) is 17.1 Å². The Hall–Kier alpha value is -1.38. The molecule has 0 aromatic carbocycles. The van der Waals surface area contributed by atoms with Crippen LogP contribution in [-0.2, 0) is 6.54 Å². The third kappa shape index (κ3) is 4.13. The van der Waals surface area contributed by atoms with Gasteiger partial charge in [0.05, 0.1) is 29.5 Å². The van der Waals surface area contributed by atoms with Crippen LogP contribution in [0, 0.1) is 52.3 Å². The van der Waals surface area contributed by atoms with Crippen LogP contribution in [0.2, 0.25) is 0 Å². The van der Waals surface area contributed by atoms with E-state index in [0.717, 1.165) is 49.9 Å². The first-order chi connectivity index (χ1) is 16.2. The van der Waals surface area contributed by atoms with Gasteiger partial charge < -0.3 is 10.2 Å². The molecular formula is C29H45N3O2. The van der Waals surface area contributed by atoms with Gasteiger partial charge in [0.1, 0.15) is 6.07 Å². The lowest BCUT2D eigenvalue weighted by molar-refractivity contribution is -0.171. The molecule has 188 valence electrons. The van der Waals surface area contributed by atoms with Crippen molar-refractivity contribution in [1.82, 2.24) is 9.78 Å². The molecule has 2 N–H and O–H groups in total. The molecule has 1 aromatic heterocycles. The standard InChI is InChI=1S/C29H45N3O2/c1-4-12-29(34)14-11-22-21(15-29)8-9-24-23(22)10-13-27(2)25(24)6-5-7-26(27)28(3,33)19-32-18-20(16-30)17-31-32/h17-18,21-26,33-34H,4-15,19H2,1-3H3/t21-,22+,23-,24-,25+,26+,27+,28?,29-/m1/s1. The van der Waals surface area contributed by atoms with Crippen LogP contribution in [0.15, 0.2) is 12.4 Å². The van der Waals surface area contributed by atoms with Gasteiger partial charge >= 0.3 is 0 Å². The van der Waals surface area contributed by atoms with Gasteiger partial charge in [0.2, 0.25) is 0 Å². The van der Waals surface area contributed by atoms with E-state index in [-0.39, 0.29) is 11.3 Å². The third-order valence-electron chi connectivity index (χ3n) is 11.1. The van der Waals surface area contributed by atoms with E-state index in [2.05, 4.69) is 25.0 Å². The number of hydrogen-bond donors (Lipinski definition) is 2. The second kappa shape index (κ2) is 8.93. The molecule has 5 heteroatoms. The molecule has 4 saturated carbocycles. The minimum Gasteiger partial charge on any atom is -0.390 e. The number of rotatable bonds is 5. The summed E-state index contributed by atoms with van der Waals surface area (Å²) in [7, 11) is 0. The molecule has 5 nitrogen and oxygen atoms in total. The summed E-state index contributed by atoms with van der Waals surface area (Å²) in [6.07, 6.45) is 17.3. The van der Waals surface area contributed by atoms with Gasteiger partial charge in [-0.15, -0.1) is 0 Å². The fourth-order valence-corrected chi connectivity index (χ4v) is 9.82. The Morgan fingerprint density at radius 2 is 1.94 bits per heavy atom. The number of hydrogen-bond acceptors (Lipinski definition) is 4. The number of aromatic nitrogens is 2. The summed E-state index contributed by atoms with van der Waals surface area (Å²) in [5, 5.41) is 36.4. The van der Waals surface area contributed by atoms with E-state index in [0.29, 0.717) is 23.9 Å². The Morgan fingerprint density at radius 1 is 1.15 bits per heavy atom. The summed E-state index contributed by atoms with van der Waals surface area (Å²) in [6, 6.07) is 2.15.